The SMILES string of the molecule is CCCCCCCCSC[C@H](O)C[N+](C)(C)C. The summed E-state index contributed by atoms with van der Waals surface area (Å²) in [6.07, 6.45) is 8.01. The molecule has 0 rings (SSSR count). The van der Waals surface area contributed by atoms with Crippen molar-refractivity contribution in [1.82, 2.24) is 0 Å². The predicted octanol–water partition coefficient (Wildman–Crippen LogP) is 3.15. The molecular formula is C14H32NOS+. The van der Waals surface area contributed by atoms with Crippen LogP contribution in [0.2, 0.25) is 0 Å². The van der Waals surface area contributed by atoms with Crippen molar-refractivity contribution in [2.24, 2.45) is 0 Å². The first kappa shape index (κ1) is 17.3. The normalized spacial score (nSPS) is 13.9. The summed E-state index contributed by atoms with van der Waals surface area (Å²) in [6, 6.07) is 0. The molecule has 2 nitrogen and oxygen atoms in total. The molecule has 0 unspecified atom stereocenters. The van der Waals surface area contributed by atoms with E-state index in [1.54, 1.807) is 0 Å². The topological polar surface area (TPSA) is 20.2 Å². The van der Waals surface area contributed by atoms with Gasteiger partial charge in [-0.15, -0.1) is 0 Å². The van der Waals surface area contributed by atoms with Crippen molar-refractivity contribution in [2.75, 3.05) is 39.2 Å². The number of hydrogen-bond donors (Lipinski definition) is 1. The summed E-state index contributed by atoms with van der Waals surface area (Å²) >= 11 is 1.91. The van der Waals surface area contributed by atoms with Crippen LogP contribution in [0.5, 0.6) is 0 Å². The minimum absolute atomic E-state index is 0.153. The van der Waals surface area contributed by atoms with Gasteiger partial charge in [0, 0.05) is 5.75 Å². The van der Waals surface area contributed by atoms with E-state index < -0.39 is 0 Å². The van der Waals surface area contributed by atoms with E-state index in [-0.39, 0.29) is 6.10 Å². The van der Waals surface area contributed by atoms with E-state index in [1.165, 1.54) is 44.3 Å². The number of likely N-dealkylation sites (N-methyl/N-ethyl adjacent to an activating group) is 1. The Labute approximate surface area is 112 Å². The molecule has 1 atom stereocenters. The molecule has 3 heteroatoms. The average Bonchev–Trinajstić information content (AvgIpc) is 2.19. The van der Waals surface area contributed by atoms with Gasteiger partial charge in [0.05, 0.1) is 21.1 Å². The number of nitrogens with zero attached hydrogens (tertiary/aromatic N) is 1. The van der Waals surface area contributed by atoms with E-state index in [0.717, 1.165) is 16.8 Å². The Kier molecular flexibility index (Phi) is 10.4. The van der Waals surface area contributed by atoms with Gasteiger partial charge in [-0.05, 0) is 12.2 Å². The van der Waals surface area contributed by atoms with Crippen LogP contribution < -0.4 is 0 Å². The average molecular weight is 262 g/mol. The smallest absolute Gasteiger partial charge is 0.112 e. The van der Waals surface area contributed by atoms with E-state index in [1.807, 2.05) is 11.8 Å². The maximum atomic E-state index is 9.82. The molecule has 104 valence electrons. The summed E-state index contributed by atoms with van der Waals surface area (Å²) < 4.78 is 0.846. The van der Waals surface area contributed by atoms with Gasteiger partial charge in [0.15, 0.2) is 0 Å². The number of aliphatic hydroxyl groups excluding tert-OH is 1. The molecule has 0 bridgehead atoms. The summed E-state index contributed by atoms with van der Waals surface area (Å²) in [5.41, 5.74) is 0. The second kappa shape index (κ2) is 10.2. The lowest BCUT2D eigenvalue weighted by molar-refractivity contribution is -0.873. The number of thioether (sulfide) groups is 1. The van der Waals surface area contributed by atoms with Crippen LogP contribution in [0.25, 0.3) is 0 Å². The third-order valence-electron chi connectivity index (χ3n) is 2.71. The maximum Gasteiger partial charge on any atom is 0.112 e. The van der Waals surface area contributed by atoms with E-state index in [2.05, 4.69) is 28.1 Å². The highest BCUT2D eigenvalue weighted by Crippen LogP contribution is 2.11. The fourth-order valence-corrected chi connectivity index (χ4v) is 2.84. The largest absolute Gasteiger partial charge is 0.386 e. The Balaban J connectivity index is 3.22. The lowest BCUT2D eigenvalue weighted by Gasteiger charge is -2.26. The van der Waals surface area contributed by atoms with Crippen molar-refractivity contribution in [3.8, 4) is 0 Å². The van der Waals surface area contributed by atoms with E-state index in [4.69, 9.17) is 0 Å². The third kappa shape index (κ3) is 14.2. The van der Waals surface area contributed by atoms with Crippen LogP contribution in [0.15, 0.2) is 0 Å². The van der Waals surface area contributed by atoms with Gasteiger partial charge in [-0.3, -0.25) is 0 Å². The minimum atomic E-state index is -0.153. The molecule has 0 radical (unpaired) electrons. The molecule has 0 aromatic rings. The van der Waals surface area contributed by atoms with Gasteiger partial charge < -0.3 is 9.59 Å². The zero-order valence-corrected chi connectivity index (χ0v) is 13.1. The maximum absolute atomic E-state index is 9.82. The molecule has 0 fully saturated rings. The molecule has 0 amide bonds. The quantitative estimate of drug-likeness (QED) is 0.456. The first-order valence-electron chi connectivity index (χ1n) is 7.02. The van der Waals surface area contributed by atoms with Crippen molar-refractivity contribution >= 4 is 11.8 Å². The molecule has 0 spiro atoms. The highest BCUT2D eigenvalue weighted by molar-refractivity contribution is 7.99. The molecular weight excluding hydrogens is 230 g/mol. The van der Waals surface area contributed by atoms with Crippen molar-refractivity contribution < 1.29 is 9.59 Å². The number of quaternary nitrogens is 1. The van der Waals surface area contributed by atoms with Gasteiger partial charge >= 0.3 is 0 Å². The number of unbranched alkanes of at least 4 members (excludes halogenated alkanes) is 5. The van der Waals surface area contributed by atoms with Crippen molar-refractivity contribution in [1.29, 1.82) is 0 Å². The second-order valence-electron chi connectivity index (χ2n) is 5.97. The summed E-state index contributed by atoms with van der Waals surface area (Å²) in [5, 5.41) is 9.82. The Bertz CT molecular complexity index is 168. The summed E-state index contributed by atoms with van der Waals surface area (Å²) in [7, 11) is 6.38. The van der Waals surface area contributed by atoms with Crippen LogP contribution in [0.4, 0.5) is 0 Å². The molecule has 0 aromatic heterocycles. The zero-order chi connectivity index (χ0) is 13.1. The Hall–Kier alpha value is 0.270. The lowest BCUT2D eigenvalue weighted by Crippen LogP contribution is -2.42. The molecule has 0 saturated carbocycles. The number of aliphatic hydroxyl groups is 1. The molecule has 0 aliphatic carbocycles. The summed E-state index contributed by atoms with van der Waals surface area (Å²) in [5.74, 6) is 2.10. The van der Waals surface area contributed by atoms with E-state index >= 15 is 0 Å². The van der Waals surface area contributed by atoms with Crippen LogP contribution in [0.3, 0.4) is 0 Å². The van der Waals surface area contributed by atoms with Gasteiger partial charge in [-0.25, -0.2) is 0 Å². The minimum Gasteiger partial charge on any atom is -0.386 e. The van der Waals surface area contributed by atoms with Crippen molar-refractivity contribution in [2.45, 2.75) is 51.6 Å². The monoisotopic (exact) mass is 262 g/mol. The van der Waals surface area contributed by atoms with Crippen LogP contribution in [-0.4, -0.2) is 54.9 Å². The fourth-order valence-electron chi connectivity index (χ4n) is 1.89. The molecule has 1 N–H and O–H groups in total. The van der Waals surface area contributed by atoms with Crippen LogP contribution in [-0.2, 0) is 0 Å². The highest BCUT2D eigenvalue weighted by atomic mass is 32.2. The van der Waals surface area contributed by atoms with Crippen LogP contribution >= 0.6 is 11.8 Å². The third-order valence-corrected chi connectivity index (χ3v) is 3.91. The molecule has 0 aliphatic rings. The lowest BCUT2D eigenvalue weighted by atomic mass is 10.1. The van der Waals surface area contributed by atoms with Gasteiger partial charge in [-0.2, -0.15) is 11.8 Å². The predicted molar refractivity (Wildman–Crippen MR) is 79.6 cm³/mol. The summed E-state index contributed by atoms with van der Waals surface area (Å²) in [6.45, 7) is 3.11. The molecule has 0 aromatic carbocycles. The van der Waals surface area contributed by atoms with Crippen molar-refractivity contribution in [3.05, 3.63) is 0 Å². The Morgan fingerprint density at radius 2 is 1.59 bits per heavy atom. The molecule has 0 saturated heterocycles. The van der Waals surface area contributed by atoms with Gasteiger partial charge in [-0.1, -0.05) is 39.0 Å². The number of hydrogen-bond acceptors (Lipinski definition) is 2. The van der Waals surface area contributed by atoms with Gasteiger partial charge in [0.1, 0.15) is 12.6 Å². The zero-order valence-electron chi connectivity index (χ0n) is 12.2. The van der Waals surface area contributed by atoms with Crippen LogP contribution in [0.1, 0.15) is 45.4 Å². The standard InChI is InChI=1S/C14H32NOS/c1-5-6-7-8-9-10-11-17-13-14(16)12-15(2,3)4/h14,16H,5-13H2,1-4H3/q+1/t14-/m1/s1. The summed E-state index contributed by atoms with van der Waals surface area (Å²) in [4.78, 5) is 0. The van der Waals surface area contributed by atoms with Gasteiger partial charge in [0.2, 0.25) is 0 Å². The Morgan fingerprint density at radius 3 is 2.18 bits per heavy atom. The molecule has 0 heterocycles. The van der Waals surface area contributed by atoms with Crippen molar-refractivity contribution in [3.63, 3.8) is 0 Å². The van der Waals surface area contributed by atoms with Gasteiger partial charge in [0.25, 0.3) is 0 Å². The highest BCUT2D eigenvalue weighted by Gasteiger charge is 2.14. The molecule has 0 aliphatic heterocycles. The van der Waals surface area contributed by atoms with E-state index in [0.29, 0.717) is 0 Å². The fraction of sp³-hybridized carbons (Fsp3) is 1.00. The first-order chi connectivity index (χ1) is 7.95. The molecule has 17 heavy (non-hydrogen) atoms. The number of rotatable bonds is 11. The Morgan fingerprint density at radius 1 is 1.00 bits per heavy atom. The van der Waals surface area contributed by atoms with E-state index in [9.17, 15) is 5.11 Å². The van der Waals surface area contributed by atoms with Crippen LogP contribution in [0, 0.1) is 0 Å². The second-order valence-corrected chi connectivity index (χ2v) is 7.12. The first-order valence-corrected chi connectivity index (χ1v) is 8.17.